The van der Waals surface area contributed by atoms with Gasteiger partial charge in [0.05, 0.1) is 5.69 Å². The van der Waals surface area contributed by atoms with Gasteiger partial charge in [-0.2, -0.15) is 6.07 Å². The number of hydrogen-bond acceptors (Lipinski definition) is 5. The molecule has 2 aliphatic heterocycles. The molecule has 0 radical (unpaired) electrons. The molecule has 290 valence electrons. The molecule has 0 bridgehead atoms. The summed E-state index contributed by atoms with van der Waals surface area (Å²) < 4.78 is 0. The number of fused-ring (bicyclic) bond motifs is 6. The zero-order valence-corrected chi connectivity index (χ0v) is 34.6. The van der Waals surface area contributed by atoms with Crippen LogP contribution in [0.1, 0.15) is 0 Å². The molecule has 3 heterocycles. The number of aromatic nitrogens is 1. The molecule has 6 heteroatoms. The molecule has 9 aromatic rings. The van der Waals surface area contributed by atoms with Crippen LogP contribution in [-0.2, 0) is 21.1 Å². The van der Waals surface area contributed by atoms with E-state index in [-0.39, 0.29) is 21.1 Å². The third-order valence-electron chi connectivity index (χ3n) is 11.0. The van der Waals surface area contributed by atoms with Crippen LogP contribution in [0.25, 0.3) is 33.4 Å². The van der Waals surface area contributed by atoms with Gasteiger partial charge in [-0.1, -0.05) is 150 Å². The quantitative estimate of drug-likeness (QED) is 0.148. The van der Waals surface area contributed by atoms with E-state index in [1.165, 1.54) is 5.56 Å². The topological polar surface area (TPSA) is 25.9 Å². The Morgan fingerprint density at radius 1 is 0.450 bits per heavy atom. The number of nitrogens with zero attached hydrogens (tertiary/aromatic N) is 5. The number of benzene rings is 8. The number of rotatable bonds is 7. The first-order valence-electron chi connectivity index (χ1n) is 19.8. The van der Waals surface area contributed by atoms with Crippen LogP contribution >= 0.6 is 0 Å². The number of para-hydroxylation sites is 5. The second-order valence-electron chi connectivity index (χ2n) is 14.5. The zero-order valence-electron chi connectivity index (χ0n) is 32.3. The summed E-state index contributed by atoms with van der Waals surface area (Å²) in [5.74, 6) is 0.819. The summed E-state index contributed by atoms with van der Waals surface area (Å²) in [4.78, 5) is 13.9. The van der Waals surface area contributed by atoms with Crippen LogP contribution in [0.4, 0.5) is 57.0 Å². The predicted molar refractivity (Wildman–Crippen MR) is 243 cm³/mol. The number of pyridine rings is 1. The van der Waals surface area contributed by atoms with Crippen molar-refractivity contribution < 1.29 is 21.1 Å². The van der Waals surface area contributed by atoms with E-state index in [9.17, 15) is 0 Å². The van der Waals surface area contributed by atoms with Gasteiger partial charge in [-0.25, -0.2) is 4.98 Å². The van der Waals surface area contributed by atoms with Gasteiger partial charge in [-0.05, 0) is 65.7 Å². The van der Waals surface area contributed by atoms with Crippen molar-refractivity contribution >= 4 is 57.0 Å². The Bertz CT molecular complexity index is 2940. The van der Waals surface area contributed by atoms with Crippen LogP contribution in [0.2, 0.25) is 0 Å². The average Bonchev–Trinajstić information content (AvgIpc) is 3.65. The molecule has 0 atom stereocenters. The molecule has 8 aromatic carbocycles. The fraction of sp³-hybridized carbons (Fsp3) is 0. The average molecular weight is 950 g/mol. The van der Waals surface area contributed by atoms with Crippen molar-refractivity contribution in [3.8, 4) is 33.4 Å². The maximum Gasteiger partial charge on any atom is 0.135 e. The van der Waals surface area contributed by atoms with E-state index < -0.39 is 0 Å². The summed E-state index contributed by atoms with van der Waals surface area (Å²) in [5.41, 5.74) is 15.6. The maximum absolute atomic E-state index is 4.92. The zero-order chi connectivity index (χ0) is 39.1. The van der Waals surface area contributed by atoms with Gasteiger partial charge in [-0.15, -0.1) is 53.8 Å². The minimum atomic E-state index is 0. The van der Waals surface area contributed by atoms with Crippen molar-refractivity contribution in [2.45, 2.75) is 0 Å². The van der Waals surface area contributed by atoms with Crippen LogP contribution in [0, 0.1) is 18.8 Å². The molecule has 0 spiro atoms. The first kappa shape index (κ1) is 37.1. The number of anilines is 10. The van der Waals surface area contributed by atoms with Gasteiger partial charge in [0.2, 0.25) is 0 Å². The van der Waals surface area contributed by atoms with Crippen molar-refractivity contribution in [2.24, 2.45) is 0 Å². The van der Waals surface area contributed by atoms with Gasteiger partial charge in [-0.3, -0.25) is 0 Å². The largest absolute Gasteiger partial charge is 0.493 e. The van der Waals surface area contributed by atoms with E-state index in [0.29, 0.717) is 0 Å². The first-order chi connectivity index (χ1) is 29.3. The van der Waals surface area contributed by atoms with E-state index >= 15 is 0 Å². The molecule has 2 aliphatic rings. The van der Waals surface area contributed by atoms with Crippen molar-refractivity contribution in [3.63, 3.8) is 0 Å². The maximum atomic E-state index is 4.92. The molecule has 0 aliphatic carbocycles. The fourth-order valence-electron chi connectivity index (χ4n) is 8.36. The second kappa shape index (κ2) is 15.9. The van der Waals surface area contributed by atoms with Crippen molar-refractivity contribution in [1.82, 2.24) is 4.98 Å². The Kier molecular flexibility index (Phi) is 9.81. The Hall–Kier alpha value is -7.20. The van der Waals surface area contributed by atoms with Gasteiger partial charge in [0.1, 0.15) is 5.82 Å². The molecule has 60 heavy (non-hydrogen) atoms. The second-order valence-corrected chi connectivity index (χ2v) is 14.5. The van der Waals surface area contributed by atoms with E-state index in [4.69, 9.17) is 4.98 Å². The molecule has 5 nitrogen and oxygen atoms in total. The predicted octanol–water partition coefficient (Wildman–Crippen LogP) is 14.3. The summed E-state index contributed by atoms with van der Waals surface area (Å²) in [5, 5.41) is 0. The Morgan fingerprint density at radius 2 is 1.05 bits per heavy atom. The van der Waals surface area contributed by atoms with Crippen LogP contribution in [0.15, 0.2) is 212 Å². The molecular formula is C54H36N5Pt-3. The molecule has 1 aromatic heterocycles. The minimum absolute atomic E-state index is 0. The molecule has 0 unspecified atom stereocenters. The summed E-state index contributed by atoms with van der Waals surface area (Å²) in [7, 11) is 0. The Balaban J connectivity index is 0.00000433. The molecular weight excluding hydrogens is 914 g/mol. The van der Waals surface area contributed by atoms with Gasteiger partial charge in [0.15, 0.2) is 0 Å². The minimum Gasteiger partial charge on any atom is -0.493 e. The smallest absolute Gasteiger partial charge is 0.135 e. The van der Waals surface area contributed by atoms with Gasteiger partial charge >= 0.3 is 0 Å². The Morgan fingerprint density at radius 3 is 1.77 bits per heavy atom. The molecule has 11 rings (SSSR count). The standard InChI is InChI=1S/C54H36N5.Pt/c1-4-18-39(19-5-1)40-34-44(57-38-56(41-20-6-2-7-21-41)51-28-14-15-29-52(51)57)36-45(35-40)58(42-22-8-3-9-23-42)43-31-32-49-47-25-11-10-24-46(47)48-26-12-13-27-50(48)59(53(49)37-43)54-30-16-17-33-55-54;/h1-35,38H;/q-3;. The molecule has 0 saturated heterocycles. The monoisotopic (exact) mass is 949 g/mol. The summed E-state index contributed by atoms with van der Waals surface area (Å²) in [6.07, 6.45) is 1.85. The van der Waals surface area contributed by atoms with E-state index in [0.717, 1.165) is 84.8 Å². The normalized spacial score (nSPS) is 12.4. The van der Waals surface area contributed by atoms with Gasteiger partial charge in [0.25, 0.3) is 0 Å². The first-order valence-corrected chi connectivity index (χ1v) is 19.8. The van der Waals surface area contributed by atoms with Crippen LogP contribution in [0.5, 0.6) is 0 Å². The third-order valence-corrected chi connectivity index (χ3v) is 11.0. The van der Waals surface area contributed by atoms with E-state index in [2.05, 4.69) is 233 Å². The fourth-order valence-corrected chi connectivity index (χ4v) is 8.36. The van der Waals surface area contributed by atoms with Crippen LogP contribution in [0.3, 0.4) is 0 Å². The van der Waals surface area contributed by atoms with Crippen LogP contribution in [-0.4, -0.2) is 4.98 Å². The van der Waals surface area contributed by atoms with Crippen molar-refractivity contribution in [3.05, 3.63) is 231 Å². The molecule has 0 amide bonds. The van der Waals surface area contributed by atoms with E-state index in [1.54, 1.807) is 0 Å². The SMILES string of the molecule is [Pt].[c-]1c(N2[CH-]N(c3ccccc3)c3ccccc32)cc(-c2ccccc2)cc1N(c1[c-]c2c(cc1)-c1ccccc1-c1ccccc1N2c1ccccn1)c1ccccc1. The van der Waals surface area contributed by atoms with Crippen LogP contribution < -0.4 is 19.6 Å². The number of hydrogen-bond donors (Lipinski definition) is 0. The van der Waals surface area contributed by atoms with Gasteiger partial charge < -0.3 is 19.6 Å². The van der Waals surface area contributed by atoms with Crippen molar-refractivity contribution in [2.75, 3.05) is 19.6 Å². The summed E-state index contributed by atoms with van der Waals surface area (Å²) in [6, 6.07) is 80.3. The van der Waals surface area contributed by atoms with Crippen molar-refractivity contribution in [1.29, 1.82) is 0 Å². The third kappa shape index (κ3) is 6.54. The van der Waals surface area contributed by atoms with E-state index in [1.807, 2.05) is 18.3 Å². The summed E-state index contributed by atoms with van der Waals surface area (Å²) in [6.45, 7) is 2.17. The molecule has 0 fully saturated rings. The Labute approximate surface area is 365 Å². The van der Waals surface area contributed by atoms with Gasteiger partial charge in [0, 0.05) is 55.6 Å². The summed E-state index contributed by atoms with van der Waals surface area (Å²) >= 11 is 0. The molecule has 0 N–H and O–H groups in total. The molecule has 0 saturated carbocycles.